The molecule has 0 aliphatic rings. The standard InChI is InChI=1S/C13H16N4O/c1-17-8-7-15-11(17)9-16-13(18)12(14)10-5-3-2-4-6-10/h2-8,12H,9,14H2,1H3,(H,16,18). The molecule has 1 heterocycles. The van der Waals surface area contributed by atoms with Crippen molar-refractivity contribution in [1.29, 1.82) is 0 Å². The first-order valence-corrected chi connectivity index (χ1v) is 5.73. The fourth-order valence-corrected chi connectivity index (χ4v) is 1.65. The fourth-order valence-electron chi connectivity index (χ4n) is 1.65. The van der Waals surface area contributed by atoms with Crippen molar-refractivity contribution in [2.45, 2.75) is 12.6 Å². The SMILES string of the molecule is Cn1ccnc1CNC(=O)C(N)c1ccccc1. The first-order valence-electron chi connectivity index (χ1n) is 5.73. The Hall–Kier alpha value is -2.14. The number of nitrogens with one attached hydrogen (secondary N) is 1. The van der Waals surface area contributed by atoms with Crippen LogP contribution in [0.4, 0.5) is 0 Å². The molecule has 0 spiro atoms. The van der Waals surface area contributed by atoms with E-state index in [2.05, 4.69) is 10.3 Å². The normalized spacial score (nSPS) is 12.1. The van der Waals surface area contributed by atoms with Crippen LogP contribution in [0.2, 0.25) is 0 Å². The summed E-state index contributed by atoms with van der Waals surface area (Å²) in [6, 6.07) is 8.65. The first kappa shape index (κ1) is 12.3. The molecule has 0 bridgehead atoms. The van der Waals surface area contributed by atoms with Crippen LogP contribution < -0.4 is 11.1 Å². The lowest BCUT2D eigenvalue weighted by Gasteiger charge is -2.12. The number of carbonyl (C=O) groups is 1. The molecule has 0 aliphatic carbocycles. The summed E-state index contributed by atoms with van der Waals surface area (Å²) in [5.41, 5.74) is 6.68. The maximum absolute atomic E-state index is 11.9. The number of imidazole rings is 1. The predicted octanol–water partition coefficient (Wildman–Crippen LogP) is 0.736. The largest absolute Gasteiger partial charge is 0.347 e. The maximum Gasteiger partial charge on any atom is 0.241 e. The zero-order valence-electron chi connectivity index (χ0n) is 10.2. The Labute approximate surface area is 106 Å². The van der Waals surface area contributed by atoms with Crippen LogP contribution in [0.1, 0.15) is 17.4 Å². The number of aryl methyl sites for hydroxylation is 1. The number of nitrogens with two attached hydrogens (primary N) is 1. The average molecular weight is 244 g/mol. The minimum Gasteiger partial charge on any atom is -0.347 e. The van der Waals surface area contributed by atoms with Crippen LogP contribution >= 0.6 is 0 Å². The predicted molar refractivity (Wildman–Crippen MR) is 68.4 cm³/mol. The summed E-state index contributed by atoms with van der Waals surface area (Å²) in [5, 5.41) is 2.78. The van der Waals surface area contributed by atoms with Gasteiger partial charge in [-0.3, -0.25) is 4.79 Å². The van der Waals surface area contributed by atoms with Gasteiger partial charge >= 0.3 is 0 Å². The molecule has 94 valence electrons. The molecule has 1 atom stereocenters. The quantitative estimate of drug-likeness (QED) is 0.833. The van der Waals surface area contributed by atoms with Gasteiger partial charge in [0.15, 0.2) is 0 Å². The minimum absolute atomic E-state index is 0.204. The summed E-state index contributed by atoms with van der Waals surface area (Å²) in [5.74, 6) is 0.591. The summed E-state index contributed by atoms with van der Waals surface area (Å²) in [4.78, 5) is 16.0. The molecule has 0 saturated heterocycles. The number of benzene rings is 1. The van der Waals surface area contributed by atoms with Crippen LogP contribution in [-0.2, 0) is 18.4 Å². The van der Waals surface area contributed by atoms with Crippen molar-refractivity contribution in [3.8, 4) is 0 Å². The van der Waals surface area contributed by atoms with E-state index in [1.807, 2.05) is 48.1 Å². The second-order valence-electron chi connectivity index (χ2n) is 4.06. The Morgan fingerprint density at radius 1 is 1.44 bits per heavy atom. The summed E-state index contributed by atoms with van der Waals surface area (Å²) >= 11 is 0. The van der Waals surface area contributed by atoms with Gasteiger partial charge in [-0.05, 0) is 5.56 Å². The zero-order valence-corrected chi connectivity index (χ0v) is 10.2. The van der Waals surface area contributed by atoms with Gasteiger partial charge in [-0.15, -0.1) is 0 Å². The van der Waals surface area contributed by atoms with E-state index in [0.717, 1.165) is 11.4 Å². The van der Waals surface area contributed by atoms with Gasteiger partial charge in [0.05, 0.1) is 6.54 Å². The second kappa shape index (κ2) is 5.46. The van der Waals surface area contributed by atoms with Gasteiger partial charge in [0.2, 0.25) is 5.91 Å². The van der Waals surface area contributed by atoms with Crippen LogP contribution in [0.5, 0.6) is 0 Å². The molecule has 3 N–H and O–H groups in total. The number of hydrogen-bond donors (Lipinski definition) is 2. The van der Waals surface area contributed by atoms with Crippen LogP contribution in [0.25, 0.3) is 0 Å². The lowest BCUT2D eigenvalue weighted by Crippen LogP contribution is -2.34. The van der Waals surface area contributed by atoms with Crippen molar-refractivity contribution in [2.24, 2.45) is 12.8 Å². The Morgan fingerprint density at radius 2 is 2.17 bits per heavy atom. The second-order valence-corrected chi connectivity index (χ2v) is 4.06. The van der Waals surface area contributed by atoms with E-state index >= 15 is 0 Å². The van der Waals surface area contributed by atoms with E-state index in [0.29, 0.717) is 6.54 Å². The highest BCUT2D eigenvalue weighted by molar-refractivity contribution is 5.82. The van der Waals surface area contributed by atoms with Crippen molar-refractivity contribution in [3.63, 3.8) is 0 Å². The number of hydrogen-bond acceptors (Lipinski definition) is 3. The molecule has 2 rings (SSSR count). The topological polar surface area (TPSA) is 72.9 Å². The van der Waals surface area contributed by atoms with Gasteiger partial charge in [0.1, 0.15) is 11.9 Å². The number of rotatable bonds is 4. The Balaban J connectivity index is 1.95. The molecule has 0 aliphatic heterocycles. The summed E-state index contributed by atoms with van der Waals surface area (Å²) in [6.45, 7) is 0.378. The minimum atomic E-state index is -0.647. The van der Waals surface area contributed by atoms with Crippen LogP contribution in [-0.4, -0.2) is 15.5 Å². The van der Waals surface area contributed by atoms with Crippen molar-refractivity contribution in [1.82, 2.24) is 14.9 Å². The molecule has 18 heavy (non-hydrogen) atoms. The van der Waals surface area contributed by atoms with E-state index in [9.17, 15) is 4.79 Å². The summed E-state index contributed by atoms with van der Waals surface area (Å²) in [7, 11) is 1.88. The van der Waals surface area contributed by atoms with Crippen molar-refractivity contribution in [2.75, 3.05) is 0 Å². The molecule has 1 amide bonds. The number of amides is 1. The molecular weight excluding hydrogens is 228 g/mol. The van der Waals surface area contributed by atoms with Gasteiger partial charge in [0, 0.05) is 19.4 Å². The van der Waals surface area contributed by atoms with Crippen LogP contribution in [0.3, 0.4) is 0 Å². The lowest BCUT2D eigenvalue weighted by atomic mass is 10.1. The van der Waals surface area contributed by atoms with Gasteiger partial charge in [-0.2, -0.15) is 0 Å². The molecule has 5 nitrogen and oxygen atoms in total. The molecule has 1 aromatic heterocycles. The van der Waals surface area contributed by atoms with E-state index < -0.39 is 6.04 Å². The Kier molecular flexibility index (Phi) is 3.74. The molecular formula is C13H16N4O. The van der Waals surface area contributed by atoms with Gasteiger partial charge in [-0.25, -0.2) is 4.98 Å². The highest BCUT2D eigenvalue weighted by Crippen LogP contribution is 2.09. The highest BCUT2D eigenvalue weighted by Gasteiger charge is 2.15. The Bertz CT molecular complexity index is 521. The first-order chi connectivity index (χ1) is 8.68. The summed E-state index contributed by atoms with van der Waals surface area (Å²) in [6.07, 6.45) is 3.53. The highest BCUT2D eigenvalue weighted by atomic mass is 16.2. The van der Waals surface area contributed by atoms with Crippen molar-refractivity contribution in [3.05, 3.63) is 54.1 Å². The van der Waals surface area contributed by atoms with Gasteiger partial charge < -0.3 is 15.6 Å². The molecule has 0 radical (unpaired) electrons. The zero-order chi connectivity index (χ0) is 13.0. The third-order valence-electron chi connectivity index (χ3n) is 2.78. The molecule has 1 aromatic carbocycles. The van der Waals surface area contributed by atoms with Gasteiger partial charge in [-0.1, -0.05) is 30.3 Å². The number of carbonyl (C=O) groups excluding carboxylic acids is 1. The third kappa shape index (κ3) is 2.75. The summed E-state index contributed by atoms with van der Waals surface area (Å²) < 4.78 is 1.86. The van der Waals surface area contributed by atoms with E-state index in [1.165, 1.54) is 0 Å². The van der Waals surface area contributed by atoms with Gasteiger partial charge in [0.25, 0.3) is 0 Å². The van der Waals surface area contributed by atoms with E-state index in [1.54, 1.807) is 6.20 Å². The third-order valence-corrected chi connectivity index (χ3v) is 2.78. The average Bonchev–Trinajstić information content (AvgIpc) is 2.81. The lowest BCUT2D eigenvalue weighted by molar-refractivity contribution is -0.122. The van der Waals surface area contributed by atoms with Crippen molar-refractivity contribution >= 4 is 5.91 Å². The molecule has 5 heteroatoms. The molecule has 1 unspecified atom stereocenters. The van der Waals surface area contributed by atoms with E-state index in [4.69, 9.17) is 5.73 Å². The molecule has 0 fully saturated rings. The maximum atomic E-state index is 11.9. The van der Waals surface area contributed by atoms with E-state index in [-0.39, 0.29) is 5.91 Å². The monoisotopic (exact) mass is 244 g/mol. The molecule has 0 saturated carbocycles. The smallest absolute Gasteiger partial charge is 0.241 e. The van der Waals surface area contributed by atoms with Crippen molar-refractivity contribution < 1.29 is 4.79 Å². The number of aromatic nitrogens is 2. The van der Waals surface area contributed by atoms with Crippen LogP contribution in [0, 0.1) is 0 Å². The Morgan fingerprint density at radius 3 is 2.78 bits per heavy atom. The van der Waals surface area contributed by atoms with Crippen LogP contribution in [0.15, 0.2) is 42.7 Å². The number of nitrogens with zero attached hydrogens (tertiary/aromatic N) is 2. The molecule has 2 aromatic rings. The fraction of sp³-hybridized carbons (Fsp3) is 0.231.